The maximum atomic E-state index is 13.1. The maximum absolute atomic E-state index is 13.1. The van der Waals surface area contributed by atoms with Crippen molar-refractivity contribution in [1.82, 2.24) is 5.32 Å². The first-order valence-corrected chi connectivity index (χ1v) is 8.14. The molecule has 0 saturated carbocycles. The molecule has 2 aromatic carbocycles. The first kappa shape index (κ1) is 17.1. The highest BCUT2D eigenvalue weighted by Crippen LogP contribution is 2.27. The van der Waals surface area contributed by atoms with Gasteiger partial charge in [-0.2, -0.15) is 0 Å². The van der Waals surface area contributed by atoms with E-state index in [0.29, 0.717) is 25.1 Å². The molecule has 6 heteroatoms. The molecule has 0 aromatic heterocycles. The third kappa shape index (κ3) is 4.02. The predicted octanol–water partition coefficient (Wildman–Crippen LogP) is 2.82. The van der Waals surface area contributed by atoms with Crippen LogP contribution < -0.4 is 10.2 Å². The minimum absolute atomic E-state index is 0.148. The highest BCUT2D eigenvalue weighted by atomic mass is 19.1. The second kappa shape index (κ2) is 7.42. The van der Waals surface area contributed by atoms with Gasteiger partial charge in [-0.25, -0.2) is 8.78 Å². The lowest BCUT2D eigenvalue weighted by Gasteiger charge is -2.24. The average molecular weight is 344 g/mol. The van der Waals surface area contributed by atoms with Crippen LogP contribution in [0.1, 0.15) is 18.4 Å². The second-order valence-corrected chi connectivity index (χ2v) is 5.96. The van der Waals surface area contributed by atoms with Gasteiger partial charge in [0, 0.05) is 18.7 Å². The molecule has 2 amide bonds. The van der Waals surface area contributed by atoms with Gasteiger partial charge in [-0.3, -0.25) is 14.5 Å². The van der Waals surface area contributed by atoms with Gasteiger partial charge in [-0.1, -0.05) is 12.1 Å². The first-order chi connectivity index (χ1) is 12.0. The Morgan fingerprint density at radius 2 is 1.64 bits per heavy atom. The molecule has 130 valence electrons. The highest BCUT2D eigenvalue weighted by molar-refractivity contribution is 6.03. The molecule has 1 N–H and O–H groups in total. The lowest BCUT2D eigenvalue weighted by Crippen LogP contribution is -2.45. The van der Waals surface area contributed by atoms with E-state index >= 15 is 0 Å². The zero-order valence-electron chi connectivity index (χ0n) is 13.5. The van der Waals surface area contributed by atoms with Crippen LogP contribution in [0.25, 0.3) is 0 Å². The number of halogens is 2. The van der Waals surface area contributed by atoms with Crippen LogP contribution in [-0.4, -0.2) is 24.4 Å². The van der Waals surface area contributed by atoms with Gasteiger partial charge in [-0.15, -0.1) is 0 Å². The molecule has 1 aliphatic heterocycles. The number of anilines is 1. The largest absolute Gasteiger partial charge is 0.354 e. The molecule has 25 heavy (non-hydrogen) atoms. The Kier molecular flexibility index (Phi) is 5.07. The molecule has 0 spiro atoms. The van der Waals surface area contributed by atoms with Crippen LogP contribution in [0.4, 0.5) is 14.5 Å². The molecular weight excluding hydrogens is 326 g/mol. The topological polar surface area (TPSA) is 49.4 Å². The molecule has 0 radical (unpaired) electrons. The van der Waals surface area contributed by atoms with Crippen molar-refractivity contribution in [2.75, 3.05) is 11.4 Å². The summed E-state index contributed by atoms with van der Waals surface area (Å²) in [5.74, 6) is -1.08. The molecule has 1 fully saturated rings. The number of hydrogen-bond donors (Lipinski definition) is 1. The fourth-order valence-corrected chi connectivity index (χ4v) is 2.96. The van der Waals surface area contributed by atoms with E-state index in [2.05, 4.69) is 5.32 Å². The van der Waals surface area contributed by atoms with Gasteiger partial charge < -0.3 is 5.32 Å². The molecule has 1 aliphatic rings. The number of nitrogens with one attached hydrogen (secondary N) is 1. The van der Waals surface area contributed by atoms with E-state index in [1.54, 1.807) is 12.1 Å². The van der Waals surface area contributed by atoms with Gasteiger partial charge >= 0.3 is 0 Å². The Labute approximate surface area is 144 Å². The molecular formula is C19H18F2N2O2. The van der Waals surface area contributed by atoms with Crippen molar-refractivity contribution in [3.8, 4) is 0 Å². The van der Waals surface area contributed by atoms with Gasteiger partial charge in [0.1, 0.15) is 17.7 Å². The first-order valence-electron chi connectivity index (χ1n) is 8.14. The number of benzene rings is 2. The summed E-state index contributed by atoms with van der Waals surface area (Å²) in [6, 6.07) is 11.0. The third-order valence-corrected chi connectivity index (χ3v) is 4.25. The maximum Gasteiger partial charge on any atom is 0.243 e. The highest BCUT2D eigenvalue weighted by Gasteiger charge is 2.36. The molecule has 1 saturated heterocycles. The van der Waals surface area contributed by atoms with E-state index in [0.717, 1.165) is 5.56 Å². The predicted molar refractivity (Wildman–Crippen MR) is 90.0 cm³/mol. The number of nitrogens with zero attached hydrogens (tertiary/aromatic N) is 1. The number of amides is 2. The van der Waals surface area contributed by atoms with Crippen LogP contribution in [0.2, 0.25) is 0 Å². The van der Waals surface area contributed by atoms with Gasteiger partial charge in [0.15, 0.2) is 0 Å². The molecule has 0 aliphatic carbocycles. The fraction of sp³-hybridized carbons (Fsp3) is 0.263. The lowest BCUT2D eigenvalue weighted by atomic mass is 10.1. The summed E-state index contributed by atoms with van der Waals surface area (Å²) in [6.45, 7) is 0.395. The summed E-state index contributed by atoms with van der Waals surface area (Å²) >= 11 is 0. The standard InChI is InChI=1S/C19H18F2N2O2/c20-14-3-1-13(2-4-14)11-12-22-19(25)17-9-10-18(24)23(17)16-7-5-15(21)6-8-16/h1-8,17H,9-12H2,(H,22,25). The average Bonchev–Trinajstić information content (AvgIpc) is 2.99. The Balaban J connectivity index is 1.61. The Morgan fingerprint density at radius 3 is 2.28 bits per heavy atom. The van der Waals surface area contributed by atoms with Crippen molar-refractivity contribution in [2.24, 2.45) is 0 Å². The fourth-order valence-electron chi connectivity index (χ4n) is 2.96. The van der Waals surface area contributed by atoms with Crippen LogP contribution in [0.3, 0.4) is 0 Å². The van der Waals surface area contributed by atoms with E-state index < -0.39 is 11.9 Å². The summed E-state index contributed by atoms with van der Waals surface area (Å²) in [5, 5.41) is 2.82. The van der Waals surface area contributed by atoms with Gasteiger partial charge in [-0.05, 0) is 54.8 Å². The van der Waals surface area contributed by atoms with E-state index in [4.69, 9.17) is 0 Å². The monoisotopic (exact) mass is 344 g/mol. The summed E-state index contributed by atoms with van der Waals surface area (Å²) in [4.78, 5) is 26.0. The number of hydrogen-bond acceptors (Lipinski definition) is 2. The number of rotatable bonds is 5. The molecule has 1 atom stereocenters. The van der Waals surface area contributed by atoms with Crippen LogP contribution in [0.5, 0.6) is 0 Å². The van der Waals surface area contributed by atoms with Crippen LogP contribution in [0, 0.1) is 11.6 Å². The minimum atomic E-state index is -0.592. The second-order valence-electron chi connectivity index (χ2n) is 5.96. The normalized spacial score (nSPS) is 17.0. The zero-order valence-corrected chi connectivity index (χ0v) is 13.5. The smallest absolute Gasteiger partial charge is 0.243 e. The van der Waals surface area contributed by atoms with Crippen molar-refractivity contribution in [3.05, 3.63) is 65.7 Å². The molecule has 3 rings (SSSR count). The van der Waals surface area contributed by atoms with Crippen molar-refractivity contribution in [3.63, 3.8) is 0 Å². The molecule has 4 nitrogen and oxygen atoms in total. The van der Waals surface area contributed by atoms with E-state index in [-0.39, 0.29) is 24.1 Å². The molecule has 1 heterocycles. The van der Waals surface area contributed by atoms with Crippen LogP contribution in [0.15, 0.2) is 48.5 Å². The molecule has 2 aromatic rings. The van der Waals surface area contributed by atoms with Crippen LogP contribution in [-0.2, 0) is 16.0 Å². The van der Waals surface area contributed by atoms with E-state index in [9.17, 15) is 18.4 Å². The minimum Gasteiger partial charge on any atom is -0.354 e. The van der Waals surface area contributed by atoms with Gasteiger partial charge in [0.25, 0.3) is 0 Å². The quantitative estimate of drug-likeness (QED) is 0.907. The SMILES string of the molecule is O=C(NCCc1ccc(F)cc1)C1CCC(=O)N1c1ccc(F)cc1. The number of carbonyl (C=O) groups excluding carboxylic acids is 2. The zero-order chi connectivity index (χ0) is 17.8. The Hall–Kier alpha value is -2.76. The Morgan fingerprint density at radius 1 is 1.04 bits per heavy atom. The van der Waals surface area contributed by atoms with Crippen LogP contribution >= 0.6 is 0 Å². The third-order valence-electron chi connectivity index (χ3n) is 4.25. The van der Waals surface area contributed by atoms with Crippen molar-refractivity contribution in [1.29, 1.82) is 0 Å². The summed E-state index contributed by atoms with van der Waals surface area (Å²) < 4.78 is 25.9. The van der Waals surface area contributed by atoms with Gasteiger partial charge in [0.05, 0.1) is 0 Å². The van der Waals surface area contributed by atoms with E-state index in [1.807, 2.05) is 0 Å². The summed E-state index contributed by atoms with van der Waals surface area (Å²) in [5.41, 5.74) is 1.43. The van der Waals surface area contributed by atoms with Crippen molar-refractivity contribution in [2.45, 2.75) is 25.3 Å². The van der Waals surface area contributed by atoms with E-state index in [1.165, 1.54) is 41.3 Å². The van der Waals surface area contributed by atoms with Gasteiger partial charge in [0.2, 0.25) is 11.8 Å². The molecule has 1 unspecified atom stereocenters. The van der Waals surface area contributed by atoms with Crippen molar-refractivity contribution < 1.29 is 18.4 Å². The summed E-state index contributed by atoms with van der Waals surface area (Å²) in [6.07, 6.45) is 1.29. The molecule has 0 bridgehead atoms. The number of carbonyl (C=O) groups is 2. The van der Waals surface area contributed by atoms with Crippen molar-refractivity contribution >= 4 is 17.5 Å². The Bertz CT molecular complexity index is 760. The summed E-state index contributed by atoms with van der Waals surface area (Å²) in [7, 11) is 0. The lowest BCUT2D eigenvalue weighted by molar-refractivity contribution is -0.123.